The first-order valence-electron chi connectivity index (χ1n) is 6.04. The molecule has 0 aliphatic rings. The zero-order chi connectivity index (χ0) is 13.1. The monoisotopic (exact) mass is 246 g/mol. The van der Waals surface area contributed by atoms with Crippen LogP contribution >= 0.6 is 0 Å². The van der Waals surface area contributed by atoms with Crippen LogP contribution in [0, 0.1) is 11.5 Å². The SMILES string of the molecule is COc1ccc(C(C)C)cc1C#C[Si](C)(C)C. The molecule has 0 N–H and O–H groups in total. The molecule has 1 aromatic carbocycles. The van der Waals surface area contributed by atoms with Gasteiger partial charge in [0.2, 0.25) is 0 Å². The molecule has 0 saturated heterocycles. The number of hydrogen-bond donors (Lipinski definition) is 0. The van der Waals surface area contributed by atoms with Crippen LogP contribution < -0.4 is 4.74 Å². The van der Waals surface area contributed by atoms with Crippen LogP contribution in [0.1, 0.15) is 30.9 Å². The summed E-state index contributed by atoms with van der Waals surface area (Å²) in [6.45, 7) is 11.1. The first kappa shape index (κ1) is 13.9. The quantitative estimate of drug-likeness (QED) is 0.565. The van der Waals surface area contributed by atoms with Gasteiger partial charge in [0.05, 0.1) is 12.7 Å². The minimum atomic E-state index is -1.34. The van der Waals surface area contributed by atoms with Crippen LogP contribution in [-0.2, 0) is 0 Å². The van der Waals surface area contributed by atoms with Gasteiger partial charge in [0.15, 0.2) is 0 Å². The van der Waals surface area contributed by atoms with Crippen LogP contribution in [0.15, 0.2) is 18.2 Å². The zero-order valence-corrected chi connectivity index (χ0v) is 12.7. The van der Waals surface area contributed by atoms with Crippen molar-refractivity contribution < 1.29 is 4.74 Å². The maximum Gasteiger partial charge on any atom is 0.134 e. The van der Waals surface area contributed by atoms with E-state index >= 15 is 0 Å². The largest absolute Gasteiger partial charge is 0.495 e. The number of rotatable bonds is 2. The molecule has 0 saturated carbocycles. The predicted octanol–water partition coefficient (Wildman–Crippen LogP) is 4.05. The Kier molecular flexibility index (Phi) is 4.42. The molecule has 1 nitrogen and oxygen atoms in total. The summed E-state index contributed by atoms with van der Waals surface area (Å²) in [5.74, 6) is 4.68. The van der Waals surface area contributed by atoms with E-state index in [1.807, 2.05) is 6.07 Å². The Morgan fingerprint density at radius 1 is 1.18 bits per heavy atom. The third kappa shape index (κ3) is 4.28. The normalized spacial score (nSPS) is 11.0. The molecule has 0 spiro atoms. The van der Waals surface area contributed by atoms with E-state index in [2.05, 4.69) is 57.1 Å². The van der Waals surface area contributed by atoms with Crippen LogP contribution in [0.5, 0.6) is 5.75 Å². The predicted molar refractivity (Wildman–Crippen MR) is 77.3 cm³/mol. The van der Waals surface area contributed by atoms with Crippen molar-refractivity contribution in [2.75, 3.05) is 7.11 Å². The average Bonchev–Trinajstić information content (AvgIpc) is 2.24. The molecule has 0 fully saturated rings. The highest BCUT2D eigenvalue weighted by Gasteiger charge is 2.09. The van der Waals surface area contributed by atoms with E-state index in [1.165, 1.54) is 5.56 Å². The molecule has 0 bridgehead atoms. The Morgan fingerprint density at radius 2 is 1.82 bits per heavy atom. The maximum atomic E-state index is 5.36. The summed E-state index contributed by atoms with van der Waals surface area (Å²) < 4.78 is 5.36. The molecule has 0 aliphatic carbocycles. The lowest BCUT2D eigenvalue weighted by molar-refractivity contribution is 0.413. The van der Waals surface area contributed by atoms with Crippen LogP contribution in [0.25, 0.3) is 0 Å². The molecule has 17 heavy (non-hydrogen) atoms. The van der Waals surface area contributed by atoms with E-state index in [9.17, 15) is 0 Å². The van der Waals surface area contributed by atoms with Crippen LogP contribution in [0.2, 0.25) is 19.6 Å². The van der Waals surface area contributed by atoms with Gasteiger partial charge in [-0.25, -0.2) is 0 Å². The standard InChI is InChI=1S/C15H22OSi/c1-12(2)13-7-8-15(16-3)14(11-13)9-10-17(4,5)6/h7-8,11-12H,1-6H3. The van der Waals surface area contributed by atoms with Crippen LogP contribution in [0.3, 0.4) is 0 Å². The van der Waals surface area contributed by atoms with Crippen molar-refractivity contribution in [3.63, 3.8) is 0 Å². The summed E-state index contributed by atoms with van der Waals surface area (Å²) in [5, 5.41) is 0. The molecule has 0 amide bonds. The van der Waals surface area contributed by atoms with Gasteiger partial charge in [-0.2, -0.15) is 0 Å². The Hall–Kier alpha value is -1.20. The molecule has 0 unspecified atom stereocenters. The van der Waals surface area contributed by atoms with Crippen molar-refractivity contribution in [1.29, 1.82) is 0 Å². The van der Waals surface area contributed by atoms with Crippen molar-refractivity contribution in [2.24, 2.45) is 0 Å². The van der Waals surface area contributed by atoms with Gasteiger partial charge >= 0.3 is 0 Å². The molecular weight excluding hydrogens is 224 g/mol. The highest BCUT2D eigenvalue weighted by Crippen LogP contribution is 2.23. The molecular formula is C15H22OSi. The summed E-state index contributed by atoms with van der Waals surface area (Å²) in [4.78, 5) is 0. The molecule has 0 atom stereocenters. The van der Waals surface area contributed by atoms with Crippen molar-refractivity contribution in [1.82, 2.24) is 0 Å². The third-order valence-electron chi connectivity index (χ3n) is 2.46. The zero-order valence-electron chi connectivity index (χ0n) is 11.7. The van der Waals surface area contributed by atoms with E-state index in [-0.39, 0.29) is 0 Å². The molecule has 0 radical (unpaired) electrons. The van der Waals surface area contributed by atoms with E-state index in [0.717, 1.165) is 11.3 Å². The molecule has 1 aromatic rings. The van der Waals surface area contributed by atoms with Crippen molar-refractivity contribution in [2.45, 2.75) is 39.4 Å². The number of hydrogen-bond acceptors (Lipinski definition) is 1. The number of benzene rings is 1. The lowest BCUT2D eigenvalue weighted by Gasteiger charge is -2.10. The first-order valence-corrected chi connectivity index (χ1v) is 9.54. The first-order chi connectivity index (χ1) is 7.83. The summed E-state index contributed by atoms with van der Waals surface area (Å²) >= 11 is 0. The van der Waals surface area contributed by atoms with Gasteiger partial charge < -0.3 is 4.74 Å². The molecule has 0 aromatic heterocycles. The van der Waals surface area contributed by atoms with Gasteiger partial charge in [-0.1, -0.05) is 45.5 Å². The fourth-order valence-corrected chi connectivity index (χ4v) is 1.95. The lowest BCUT2D eigenvalue weighted by atomic mass is 10.0. The summed E-state index contributed by atoms with van der Waals surface area (Å²) in [7, 11) is 0.362. The molecule has 2 heteroatoms. The highest BCUT2D eigenvalue weighted by molar-refractivity contribution is 6.83. The molecule has 0 aliphatic heterocycles. The van der Waals surface area contributed by atoms with Gasteiger partial charge in [0, 0.05) is 0 Å². The summed E-state index contributed by atoms with van der Waals surface area (Å²) in [5.41, 5.74) is 5.71. The van der Waals surface area contributed by atoms with Crippen molar-refractivity contribution >= 4 is 8.07 Å². The summed E-state index contributed by atoms with van der Waals surface area (Å²) in [6.07, 6.45) is 0. The van der Waals surface area contributed by atoms with Crippen LogP contribution in [-0.4, -0.2) is 15.2 Å². The van der Waals surface area contributed by atoms with Gasteiger partial charge in [0.1, 0.15) is 13.8 Å². The van der Waals surface area contributed by atoms with Crippen molar-refractivity contribution in [3.05, 3.63) is 29.3 Å². The minimum Gasteiger partial charge on any atom is -0.495 e. The molecule has 92 valence electrons. The van der Waals surface area contributed by atoms with Crippen molar-refractivity contribution in [3.8, 4) is 17.2 Å². The molecule has 1 rings (SSSR count). The van der Waals surface area contributed by atoms with E-state index in [4.69, 9.17) is 4.74 Å². The number of methoxy groups -OCH3 is 1. The molecule has 0 heterocycles. The Morgan fingerprint density at radius 3 is 2.29 bits per heavy atom. The highest BCUT2D eigenvalue weighted by atomic mass is 28.3. The smallest absolute Gasteiger partial charge is 0.134 e. The lowest BCUT2D eigenvalue weighted by Crippen LogP contribution is -2.16. The average molecular weight is 246 g/mol. The summed E-state index contributed by atoms with van der Waals surface area (Å²) in [6, 6.07) is 6.28. The van der Waals surface area contributed by atoms with Gasteiger partial charge in [-0.05, 0) is 23.6 Å². The second kappa shape index (κ2) is 5.42. The maximum absolute atomic E-state index is 5.36. The van der Waals surface area contributed by atoms with Gasteiger partial charge in [0.25, 0.3) is 0 Å². The number of ether oxygens (including phenoxy) is 1. The Balaban J connectivity index is 3.18. The topological polar surface area (TPSA) is 9.23 Å². The van der Waals surface area contributed by atoms with E-state index < -0.39 is 8.07 Å². The van der Waals surface area contributed by atoms with E-state index in [1.54, 1.807) is 7.11 Å². The Bertz CT molecular complexity index is 444. The fraction of sp³-hybridized carbons (Fsp3) is 0.467. The minimum absolute atomic E-state index is 0.522. The van der Waals surface area contributed by atoms with E-state index in [0.29, 0.717) is 5.92 Å². The second-order valence-electron chi connectivity index (χ2n) is 5.61. The second-order valence-corrected chi connectivity index (χ2v) is 10.4. The van der Waals surface area contributed by atoms with Crippen LogP contribution in [0.4, 0.5) is 0 Å². The fourth-order valence-electron chi connectivity index (χ4n) is 1.44. The Labute approximate surface area is 106 Å². The third-order valence-corrected chi connectivity index (χ3v) is 3.34. The van der Waals surface area contributed by atoms with Gasteiger partial charge in [-0.15, -0.1) is 5.54 Å². The van der Waals surface area contributed by atoms with Gasteiger partial charge in [-0.3, -0.25) is 0 Å².